The van der Waals surface area contributed by atoms with Crippen molar-refractivity contribution in [1.29, 1.82) is 0 Å². The van der Waals surface area contributed by atoms with Crippen molar-refractivity contribution in [2.45, 2.75) is 19.3 Å². The maximum absolute atomic E-state index is 2.54. The maximum Gasteiger partial charge on any atom is 0.0159 e. The second kappa shape index (κ2) is 11.8. The summed E-state index contributed by atoms with van der Waals surface area (Å²) < 4.78 is 0. The molecule has 0 aromatic heterocycles. The fraction of sp³-hybridized carbons (Fsp3) is 0.0492. The number of hydrogen-bond acceptors (Lipinski definition) is 0. The van der Waals surface area contributed by atoms with Crippen LogP contribution in [0.3, 0.4) is 0 Å². The molecular weight excluding hydrogens is 733 g/mol. The van der Waals surface area contributed by atoms with Crippen LogP contribution < -0.4 is 0 Å². The molecule has 282 valence electrons. The van der Waals surface area contributed by atoms with Crippen LogP contribution in [-0.2, 0) is 5.41 Å². The van der Waals surface area contributed by atoms with E-state index >= 15 is 0 Å². The lowest BCUT2D eigenvalue weighted by Gasteiger charge is -2.23. The molecule has 13 aromatic rings. The van der Waals surface area contributed by atoms with Crippen molar-refractivity contribution in [3.63, 3.8) is 0 Å². The van der Waals surface area contributed by atoms with Gasteiger partial charge in [0.15, 0.2) is 0 Å². The van der Waals surface area contributed by atoms with Gasteiger partial charge in [-0.1, -0.05) is 172 Å². The highest BCUT2D eigenvalue weighted by atomic mass is 14.4. The van der Waals surface area contributed by atoms with Crippen molar-refractivity contribution in [3.8, 4) is 33.4 Å². The van der Waals surface area contributed by atoms with Crippen molar-refractivity contribution in [3.05, 3.63) is 205 Å². The molecule has 0 fully saturated rings. The van der Waals surface area contributed by atoms with Crippen LogP contribution in [0.25, 0.3) is 130 Å². The lowest BCUT2D eigenvalue weighted by Crippen LogP contribution is -2.15. The third-order valence-electron chi connectivity index (χ3n) is 14.5. The van der Waals surface area contributed by atoms with Gasteiger partial charge in [-0.3, -0.25) is 0 Å². The average molecular weight is 771 g/mol. The molecular formula is C61H38. The van der Waals surface area contributed by atoms with Crippen LogP contribution in [0, 0.1) is 0 Å². The van der Waals surface area contributed by atoms with E-state index in [2.05, 4.69) is 208 Å². The minimum Gasteiger partial charge on any atom is -0.0616 e. The van der Waals surface area contributed by atoms with Gasteiger partial charge in [0.25, 0.3) is 0 Å². The van der Waals surface area contributed by atoms with Crippen LogP contribution in [0.1, 0.15) is 25.0 Å². The summed E-state index contributed by atoms with van der Waals surface area (Å²) in [6.07, 6.45) is 0. The van der Waals surface area contributed by atoms with Gasteiger partial charge in [0.05, 0.1) is 0 Å². The predicted molar refractivity (Wildman–Crippen MR) is 264 cm³/mol. The first-order chi connectivity index (χ1) is 30.0. The van der Waals surface area contributed by atoms with Crippen molar-refractivity contribution >= 4 is 97.0 Å². The lowest BCUT2D eigenvalue weighted by atomic mass is 9.80. The van der Waals surface area contributed by atoms with Crippen molar-refractivity contribution < 1.29 is 0 Å². The van der Waals surface area contributed by atoms with E-state index in [1.54, 1.807) is 0 Å². The third kappa shape index (κ3) is 4.44. The lowest BCUT2D eigenvalue weighted by molar-refractivity contribution is 0.662. The topological polar surface area (TPSA) is 0 Å². The zero-order valence-electron chi connectivity index (χ0n) is 34.0. The highest BCUT2D eigenvalue weighted by Crippen LogP contribution is 2.54. The second-order valence-corrected chi connectivity index (χ2v) is 18.0. The van der Waals surface area contributed by atoms with Gasteiger partial charge >= 0.3 is 0 Å². The van der Waals surface area contributed by atoms with Crippen LogP contribution >= 0.6 is 0 Å². The summed E-state index contributed by atoms with van der Waals surface area (Å²) in [4.78, 5) is 0. The molecule has 0 aliphatic heterocycles. The Kier molecular flexibility index (Phi) is 6.45. The van der Waals surface area contributed by atoms with Gasteiger partial charge in [0.2, 0.25) is 0 Å². The van der Waals surface area contributed by atoms with E-state index in [4.69, 9.17) is 0 Å². The van der Waals surface area contributed by atoms with Gasteiger partial charge in [-0.05, 0) is 178 Å². The van der Waals surface area contributed by atoms with Crippen LogP contribution in [0.15, 0.2) is 194 Å². The molecule has 0 heterocycles. The number of rotatable bonds is 2. The SMILES string of the molecule is CC1(C)c2cc3c4ccccc4c4ccccc4c3cc2-c2cc3c4ccccc4c4cc(-c5cccc(-c6ccc7ccc8cccc9ccc6c7c89)c5)ccc4c3cc21. The molecule has 14 rings (SSSR count). The Morgan fingerprint density at radius 3 is 1.25 bits per heavy atom. The Morgan fingerprint density at radius 2 is 0.656 bits per heavy atom. The first-order valence-corrected chi connectivity index (χ1v) is 21.6. The Morgan fingerprint density at radius 1 is 0.246 bits per heavy atom. The summed E-state index contributed by atoms with van der Waals surface area (Å²) in [7, 11) is 0. The standard InChI is InChI=1S/C61H38/c1-61(2)57-33-53-45-18-6-4-16-43(45)42-15-3-5-17-44(42)51(53)31-55(57)56-32-52-47-20-8-7-19-46(47)50-30-39(25-27-48(50)54(52)34-58(56)61)38-13-10-14-40(29-38)41-26-23-37-22-21-35-11-9-12-36-24-28-49(41)60(37)59(35)36/h3-34H,1-2H3. The normalized spacial score (nSPS) is 13.5. The van der Waals surface area contributed by atoms with Crippen LogP contribution in [0.4, 0.5) is 0 Å². The first kappa shape index (κ1) is 33.3. The van der Waals surface area contributed by atoms with E-state index in [1.807, 2.05) is 0 Å². The van der Waals surface area contributed by atoms with E-state index in [0.717, 1.165) is 0 Å². The summed E-state index contributed by atoms with van der Waals surface area (Å²) in [5.74, 6) is 0. The molecule has 0 nitrogen and oxygen atoms in total. The fourth-order valence-corrected chi connectivity index (χ4v) is 11.6. The first-order valence-electron chi connectivity index (χ1n) is 21.6. The minimum atomic E-state index is -0.163. The molecule has 0 atom stereocenters. The number of hydrogen-bond donors (Lipinski definition) is 0. The van der Waals surface area contributed by atoms with Crippen molar-refractivity contribution in [1.82, 2.24) is 0 Å². The minimum absolute atomic E-state index is 0.163. The van der Waals surface area contributed by atoms with E-state index < -0.39 is 0 Å². The van der Waals surface area contributed by atoms with Gasteiger partial charge in [-0.25, -0.2) is 0 Å². The Hall–Kier alpha value is -7.54. The highest BCUT2D eigenvalue weighted by Gasteiger charge is 2.37. The molecule has 0 saturated carbocycles. The molecule has 1 aliphatic rings. The summed E-state index contributed by atoms with van der Waals surface area (Å²) in [6, 6.07) is 73.7. The average Bonchev–Trinajstić information content (AvgIpc) is 3.53. The zero-order chi connectivity index (χ0) is 40.1. The molecule has 0 N–H and O–H groups in total. The Labute approximate surface area is 353 Å². The van der Waals surface area contributed by atoms with Gasteiger partial charge in [-0.2, -0.15) is 0 Å². The molecule has 0 heteroatoms. The van der Waals surface area contributed by atoms with Gasteiger partial charge in [0, 0.05) is 5.41 Å². The smallest absolute Gasteiger partial charge is 0.0159 e. The Balaban J connectivity index is 0.961. The Bertz CT molecular complexity index is 4050. The summed E-state index contributed by atoms with van der Waals surface area (Å²) in [5.41, 5.74) is 10.3. The van der Waals surface area contributed by atoms with E-state index in [1.165, 1.54) is 141 Å². The molecule has 0 radical (unpaired) electrons. The molecule has 13 aromatic carbocycles. The van der Waals surface area contributed by atoms with Gasteiger partial charge in [0.1, 0.15) is 0 Å². The maximum atomic E-state index is 2.54. The number of benzene rings is 13. The van der Waals surface area contributed by atoms with E-state index in [9.17, 15) is 0 Å². The molecule has 0 amide bonds. The highest BCUT2D eigenvalue weighted by molar-refractivity contribution is 6.29. The van der Waals surface area contributed by atoms with Gasteiger partial charge in [-0.15, -0.1) is 0 Å². The monoisotopic (exact) mass is 770 g/mol. The fourth-order valence-electron chi connectivity index (χ4n) is 11.6. The van der Waals surface area contributed by atoms with Crippen LogP contribution in [-0.4, -0.2) is 0 Å². The largest absolute Gasteiger partial charge is 0.0616 e. The quantitative estimate of drug-likeness (QED) is 0.154. The van der Waals surface area contributed by atoms with Crippen LogP contribution in [0.2, 0.25) is 0 Å². The summed E-state index contributed by atoms with van der Waals surface area (Å²) >= 11 is 0. The number of fused-ring (bicyclic) bond motifs is 15. The molecule has 0 unspecified atom stereocenters. The molecule has 0 bridgehead atoms. The van der Waals surface area contributed by atoms with Crippen molar-refractivity contribution in [2.75, 3.05) is 0 Å². The van der Waals surface area contributed by atoms with Gasteiger partial charge < -0.3 is 0 Å². The molecule has 61 heavy (non-hydrogen) atoms. The van der Waals surface area contributed by atoms with E-state index in [-0.39, 0.29) is 5.41 Å². The summed E-state index contributed by atoms with van der Waals surface area (Å²) in [5, 5.41) is 23.7. The molecule has 0 spiro atoms. The third-order valence-corrected chi connectivity index (χ3v) is 14.5. The zero-order valence-corrected chi connectivity index (χ0v) is 34.0. The predicted octanol–water partition coefficient (Wildman–Crippen LogP) is 17.1. The van der Waals surface area contributed by atoms with Crippen molar-refractivity contribution in [2.24, 2.45) is 0 Å². The summed E-state index contributed by atoms with van der Waals surface area (Å²) in [6.45, 7) is 4.85. The van der Waals surface area contributed by atoms with E-state index in [0.29, 0.717) is 0 Å². The second-order valence-electron chi connectivity index (χ2n) is 18.0. The van der Waals surface area contributed by atoms with Crippen LogP contribution in [0.5, 0.6) is 0 Å². The molecule has 0 saturated heterocycles. The molecule has 1 aliphatic carbocycles.